The van der Waals surface area contributed by atoms with Gasteiger partial charge in [-0.05, 0) is 47.7 Å². The zero-order valence-electron chi connectivity index (χ0n) is 11.4. The topological polar surface area (TPSA) is 42.3 Å². The van der Waals surface area contributed by atoms with Gasteiger partial charge in [0.2, 0.25) is 0 Å². The SMILES string of the molecule is CCn1cc(Br)cc(C(=O)N2CCCC(C)C2)c1=O. The standard InChI is InChI=1S/C14H19BrN2O2/c1-3-16-9-11(15)7-12(13(16)18)14(19)17-6-4-5-10(2)8-17/h7,9-10H,3-6,8H2,1-2H3. The molecule has 0 saturated carbocycles. The lowest BCUT2D eigenvalue weighted by Gasteiger charge is -2.30. The summed E-state index contributed by atoms with van der Waals surface area (Å²) in [6.07, 6.45) is 3.89. The molecule has 1 aromatic rings. The third kappa shape index (κ3) is 3.08. The summed E-state index contributed by atoms with van der Waals surface area (Å²) in [5.74, 6) is 0.373. The Bertz CT molecular complexity index is 539. The van der Waals surface area contributed by atoms with E-state index in [1.807, 2.05) is 6.92 Å². The maximum Gasteiger partial charge on any atom is 0.263 e. The second-order valence-electron chi connectivity index (χ2n) is 5.16. The number of hydrogen-bond acceptors (Lipinski definition) is 2. The number of carbonyl (C=O) groups is 1. The van der Waals surface area contributed by atoms with Crippen LogP contribution in [0.1, 0.15) is 37.0 Å². The van der Waals surface area contributed by atoms with Crippen LogP contribution in [0, 0.1) is 5.92 Å². The highest BCUT2D eigenvalue weighted by Gasteiger charge is 2.24. The number of carbonyl (C=O) groups excluding carboxylic acids is 1. The highest BCUT2D eigenvalue weighted by molar-refractivity contribution is 9.10. The van der Waals surface area contributed by atoms with Crippen LogP contribution >= 0.6 is 15.9 Å². The monoisotopic (exact) mass is 326 g/mol. The minimum Gasteiger partial charge on any atom is -0.338 e. The first-order valence-corrected chi connectivity index (χ1v) is 7.51. The van der Waals surface area contributed by atoms with Crippen LogP contribution in [0.4, 0.5) is 0 Å². The van der Waals surface area contributed by atoms with Gasteiger partial charge < -0.3 is 9.47 Å². The van der Waals surface area contributed by atoms with Crippen LogP contribution in [-0.2, 0) is 6.54 Å². The number of piperidine rings is 1. The maximum absolute atomic E-state index is 12.5. The van der Waals surface area contributed by atoms with Crippen molar-refractivity contribution in [1.82, 2.24) is 9.47 Å². The van der Waals surface area contributed by atoms with Crippen molar-refractivity contribution in [3.05, 3.63) is 32.7 Å². The van der Waals surface area contributed by atoms with E-state index in [4.69, 9.17) is 0 Å². The summed E-state index contributed by atoms with van der Waals surface area (Å²) < 4.78 is 2.33. The number of aromatic nitrogens is 1. The Morgan fingerprint density at radius 3 is 2.89 bits per heavy atom. The molecule has 19 heavy (non-hydrogen) atoms. The number of amides is 1. The Balaban J connectivity index is 2.33. The van der Waals surface area contributed by atoms with Crippen molar-refractivity contribution in [2.45, 2.75) is 33.2 Å². The van der Waals surface area contributed by atoms with Gasteiger partial charge in [0, 0.05) is 30.3 Å². The molecule has 2 rings (SSSR count). The fourth-order valence-corrected chi connectivity index (χ4v) is 3.01. The molecule has 1 unspecified atom stereocenters. The molecule has 5 heteroatoms. The summed E-state index contributed by atoms with van der Waals surface area (Å²) in [5, 5.41) is 0. The van der Waals surface area contributed by atoms with E-state index in [2.05, 4.69) is 22.9 Å². The smallest absolute Gasteiger partial charge is 0.263 e. The molecule has 2 heterocycles. The van der Waals surface area contributed by atoms with E-state index in [-0.39, 0.29) is 17.0 Å². The van der Waals surface area contributed by atoms with Crippen LogP contribution in [0.2, 0.25) is 0 Å². The van der Waals surface area contributed by atoms with E-state index in [0.717, 1.165) is 30.4 Å². The molecule has 1 aliphatic heterocycles. The third-order valence-corrected chi connectivity index (χ3v) is 4.00. The van der Waals surface area contributed by atoms with Gasteiger partial charge in [-0.25, -0.2) is 0 Å². The van der Waals surface area contributed by atoms with Crippen LogP contribution in [0.15, 0.2) is 21.5 Å². The Hall–Kier alpha value is -1.10. The quantitative estimate of drug-likeness (QED) is 0.838. The first-order valence-electron chi connectivity index (χ1n) is 6.72. The second-order valence-corrected chi connectivity index (χ2v) is 6.08. The Labute approximate surface area is 121 Å². The molecule has 0 aromatic carbocycles. The summed E-state index contributed by atoms with van der Waals surface area (Å²) in [6.45, 7) is 6.10. The summed E-state index contributed by atoms with van der Waals surface area (Å²) in [7, 11) is 0. The molecule has 0 bridgehead atoms. The van der Waals surface area contributed by atoms with Gasteiger partial charge in [0.05, 0.1) is 0 Å². The number of nitrogens with zero attached hydrogens (tertiary/aromatic N) is 2. The van der Waals surface area contributed by atoms with Crippen LogP contribution in [0.3, 0.4) is 0 Å². The largest absolute Gasteiger partial charge is 0.338 e. The van der Waals surface area contributed by atoms with Gasteiger partial charge in [-0.15, -0.1) is 0 Å². The van der Waals surface area contributed by atoms with Gasteiger partial charge >= 0.3 is 0 Å². The molecule has 104 valence electrons. The van der Waals surface area contributed by atoms with Crippen LogP contribution < -0.4 is 5.56 Å². The Kier molecular flexibility index (Phi) is 4.45. The summed E-state index contributed by atoms with van der Waals surface area (Å²) in [6, 6.07) is 1.64. The number of halogens is 1. The number of likely N-dealkylation sites (tertiary alicyclic amines) is 1. The lowest BCUT2D eigenvalue weighted by atomic mass is 10.00. The highest BCUT2D eigenvalue weighted by atomic mass is 79.9. The molecule has 0 radical (unpaired) electrons. The number of rotatable bonds is 2. The van der Waals surface area contributed by atoms with Crippen molar-refractivity contribution in [3.8, 4) is 0 Å². The fraction of sp³-hybridized carbons (Fsp3) is 0.571. The zero-order chi connectivity index (χ0) is 14.0. The first-order chi connectivity index (χ1) is 9.02. The molecule has 1 amide bonds. The molecule has 0 spiro atoms. The number of hydrogen-bond donors (Lipinski definition) is 0. The van der Waals surface area contributed by atoms with E-state index in [1.54, 1.807) is 21.7 Å². The van der Waals surface area contributed by atoms with Crippen LogP contribution in [-0.4, -0.2) is 28.5 Å². The van der Waals surface area contributed by atoms with Gasteiger partial charge in [0.15, 0.2) is 0 Å². The van der Waals surface area contributed by atoms with Crippen molar-refractivity contribution >= 4 is 21.8 Å². The zero-order valence-corrected chi connectivity index (χ0v) is 12.9. The minimum atomic E-state index is -0.200. The second kappa shape index (κ2) is 5.90. The molecule has 0 N–H and O–H groups in total. The third-order valence-electron chi connectivity index (χ3n) is 3.57. The average molecular weight is 327 g/mol. The van der Waals surface area contributed by atoms with Crippen molar-refractivity contribution in [3.63, 3.8) is 0 Å². The van der Waals surface area contributed by atoms with Gasteiger partial charge in [0.25, 0.3) is 11.5 Å². The fourth-order valence-electron chi connectivity index (χ4n) is 2.53. The molecule has 1 saturated heterocycles. The molecule has 1 fully saturated rings. The van der Waals surface area contributed by atoms with Crippen LogP contribution in [0.25, 0.3) is 0 Å². The first kappa shape index (κ1) is 14.3. The van der Waals surface area contributed by atoms with E-state index in [0.29, 0.717) is 12.5 Å². The molecule has 1 aliphatic rings. The van der Waals surface area contributed by atoms with Gasteiger partial charge in [-0.3, -0.25) is 9.59 Å². The normalized spacial score (nSPS) is 19.5. The van der Waals surface area contributed by atoms with Gasteiger partial charge in [-0.2, -0.15) is 0 Å². The lowest BCUT2D eigenvalue weighted by Crippen LogP contribution is -2.42. The lowest BCUT2D eigenvalue weighted by molar-refractivity contribution is 0.0680. The molecule has 4 nitrogen and oxygen atoms in total. The summed E-state index contributed by atoms with van der Waals surface area (Å²) in [5.41, 5.74) is 0.0688. The average Bonchev–Trinajstić information content (AvgIpc) is 2.40. The van der Waals surface area contributed by atoms with E-state index < -0.39 is 0 Å². The predicted octanol–water partition coefficient (Wildman–Crippen LogP) is 2.50. The van der Waals surface area contributed by atoms with Gasteiger partial charge in [-0.1, -0.05) is 6.92 Å². The van der Waals surface area contributed by atoms with Crippen molar-refractivity contribution < 1.29 is 4.79 Å². The van der Waals surface area contributed by atoms with Crippen molar-refractivity contribution in [2.24, 2.45) is 5.92 Å². The van der Waals surface area contributed by atoms with Gasteiger partial charge in [0.1, 0.15) is 5.56 Å². The summed E-state index contributed by atoms with van der Waals surface area (Å²) in [4.78, 5) is 26.5. The number of pyridine rings is 1. The molecule has 1 aromatic heterocycles. The summed E-state index contributed by atoms with van der Waals surface area (Å²) >= 11 is 3.36. The maximum atomic E-state index is 12.5. The van der Waals surface area contributed by atoms with E-state index in [9.17, 15) is 9.59 Å². The molecule has 1 atom stereocenters. The molecular formula is C14H19BrN2O2. The van der Waals surface area contributed by atoms with Crippen LogP contribution in [0.5, 0.6) is 0 Å². The minimum absolute atomic E-state index is 0.139. The van der Waals surface area contributed by atoms with E-state index in [1.165, 1.54) is 0 Å². The predicted molar refractivity (Wildman–Crippen MR) is 78.4 cm³/mol. The molecule has 0 aliphatic carbocycles. The Morgan fingerprint density at radius 1 is 1.53 bits per heavy atom. The number of aryl methyl sites for hydroxylation is 1. The highest BCUT2D eigenvalue weighted by Crippen LogP contribution is 2.18. The Morgan fingerprint density at radius 2 is 2.26 bits per heavy atom. The van der Waals surface area contributed by atoms with Crippen molar-refractivity contribution in [2.75, 3.05) is 13.1 Å². The van der Waals surface area contributed by atoms with E-state index >= 15 is 0 Å². The molecular weight excluding hydrogens is 308 g/mol. The van der Waals surface area contributed by atoms with Crippen molar-refractivity contribution in [1.29, 1.82) is 0 Å².